The second-order valence-electron chi connectivity index (χ2n) is 5.69. The van der Waals surface area contributed by atoms with Gasteiger partial charge in [-0.25, -0.2) is 9.55 Å². The Kier molecular flexibility index (Phi) is 3.67. The van der Waals surface area contributed by atoms with Crippen LogP contribution in [0, 0.1) is 0 Å². The smallest absolute Gasteiger partial charge is 0.304 e. The first-order valence-corrected chi connectivity index (χ1v) is 7.79. The fraction of sp³-hybridized carbons (Fsp3) is 0.105. The summed E-state index contributed by atoms with van der Waals surface area (Å²) < 4.78 is 3.92. The maximum absolute atomic E-state index is 12.3. The van der Waals surface area contributed by atoms with Gasteiger partial charge in [0.05, 0.1) is 13.1 Å². The molecule has 0 saturated heterocycles. The first kappa shape index (κ1) is 14.4. The first-order valence-electron chi connectivity index (χ1n) is 7.79. The van der Waals surface area contributed by atoms with Gasteiger partial charge in [0.15, 0.2) is 18.2 Å². The van der Waals surface area contributed by atoms with Gasteiger partial charge < -0.3 is 5.11 Å². The molecule has 24 heavy (non-hydrogen) atoms. The quantitative estimate of drug-likeness (QED) is 0.540. The van der Waals surface area contributed by atoms with Crippen molar-refractivity contribution in [2.24, 2.45) is 0 Å². The summed E-state index contributed by atoms with van der Waals surface area (Å²) >= 11 is 0. The van der Waals surface area contributed by atoms with Gasteiger partial charge in [0, 0.05) is 5.88 Å². The normalized spacial score (nSPS) is 11.0. The molecule has 0 fully saturated rings. The average Bonchev–Trinajstić information content (AvgIpc) is 2.95. The summed E-state index contributed by atoms with van der Waals surface area (Å²) in [5.41, 5.74) is 3.49. The summed E-state index contributed by atoms with van der Waals surface area (Å²) in [6.45, 7) is 1.28. The highest BCUT2D eigenvalue weighted by molar-refractivity contribution is 5.72. The third-order valence-electron chi connectivity index (χ3n) is 4.00. The van der Waals surface area contributed by atoms with E-state index in [1.54, 1.807) is 0 Å². The van der Waals surface area contributed by atoms with Crippen LogP contribution in [0.1, 0.15) is 11.1 Å². The monoisotopic (exact) mass is 316 g/mol. The van der Waals surface area contributed by atoms with Crippen LogP contribution in [-0.2, 0) is 13.1 Å². The van der Waals surface area contributed by atoms with Crippen LogP contribution in [0.3, 0.4) is 0 Å². The number of nitrogens with zero attached hydrogens (tertiary/aromatic N) is 4. The summed E-state index contributed by atoms with van der Waals surface area (Å²) in [4.78, 5) is 8.16. The van der Waals surface area contributed by atoms with Crippen LogP contribution in [-0.4, -0.2) is 14.5 Å². The minimum absolute atomic E-state index is 0.247. The van der Waals surface area contributed by atoms with Crippen molar-refractivity contribution in [2.75, 3.05) is 0 Å². The molecule has 0 saturated carbocycles. The van der Waals surface area contributed by atoms with Gasteiger partial charge in [-0.2, -0.15) is 0 Å². The topological polar surface area (TPSA) is 57.7 Å². The fourth-order valence-electron chi connectivity index (χ4n) is 2.89. The van der Waals surface area contributed by atoms with E-state index in [1.807, 2.05) is 64.0 Å². The fourth-order valence-corrected chi connectivity index (χ4v) is 2.89. The zero-order valence-electron chi connectivity index (χ0n) is 13.0. The van der Waals surface area contributed by atoms with Gasteiger partial charge in [-0.3, -0.25) is 4.57 Å². The van der Waals surface area contributed by atoms with Crippen LogP contribution in [0.15, 0.2) is 73.3 Å². The molecule has 5 heteroatoms. The highest BCUT2D eigenvalue weighted by Gasteiger charge is 2.18. The first-order chi connectivity index (χ1) is 11.8. The van der Waals surface area contributed by atoms with Gasteiger partial charge in [-0.1, -0.05) is 65.6 Å². The number of aromatic nitrogens is 4. The van der Waals surface area contributed by atoms with Gasteiger partial charge in [-0.05, 0) is 11.1 Å². The van der Waals surface area contributed by atoms with Crippen molar-refractivity contribution in [3.8, 4) is 5.88 Å². The Hall–Kier alpha value is -3.21. The van der Waals surface area contributed by atoms with Gasteiger partial charge in [0.1, 0.15) is 0 Å². The second-order valence-corrected chi connectivity index (χ2v) is 5.69. The maximum atomic E-state index is 12.3. The van der Waals surface area contributed by atoms with Gasteiger partial charge >= 0.3 is 5.65 Å². The van der Waals surface area contributed by atoms with Gasteiger partial charge in [-0.15, -0.1) is 0 Å². The number of benzene rings is 2. The third kappa shape index (κ3) is 2.72. The highest BCUT2D eigenvalue weighted by atomic mass is 16.3. The molecule has 2 aromatic heterocycles. The molecule has 0 spiro atoms. The van der Waals surface area contributed by atoms with Crippen molar-refractivity contribution in [1.29, 1.82) is 0 Å². The Labute approximate surface area is 139 Å². The molecule has 118 valence electrons. The van der Waals surface area contributed by atoms with E-state index >= 15 is 0 Å². The minimum atomic E-state index is -0.247. The number of rotatable bonds is 4. The molecule has 0 radical (unpaired) electrons. The Morgan fingerprint density at radius 1 is 0.875 bits per heavy atom. The van der Waals surface area contributed by atoms with E-state index in [1.165, 1.54) is 6.33 Å². The summed E-state index contributed by atoms with van der Waals surface area (Å²) in [6.07, 6.45) is 3.28. The molecule has 4 aromatic rings. The summed E-state index contributed by atoms with van der Waals surface area (Å²) in [6, 6.07) is 20.2. The summed E-state index contributed by atoms with van der Waals surface area (Å²) in [5.74, 6) is -0.247. The van der Waals surface area contributed by atoms with Crippen LogP contribution in [0.25, 0.3) is 11.2 Å². The van der Waals surface area contributed by atoms with Crippen LogP contribution in [0.2, 0.25) is 0 Å². The largest absolute Gasteiger partial charge is 0.856 e. The molecule has 2 heterocycles. The lowest BCUT2D eigenvalue weighted by molar-refractivity contribution is -0.665. The van der Waals surface area contributed by atoms with E-state index in [0.717, 1.165) is 11.1 Å². The predicted octanol–water partition coefficient (Wildman–Crippen LogP) is 1.89. The van der Waals surface area contributed by atoms with Crippen molar-refractivity contribution in [3.05, 3.63) is 84.4 Å². The molecule has 0 aliphatic rings. The van der Waals surface area contributed by atoms with E-state index < -0.39 is 0 Å². The van der Waals surface area contributed by atoms with Crippen molar-refractivity contribution in [2.45, 2.75) is 13.1 Å². The molecule has 0 amide bonds. The zero-order chi connectivity index (χ0) is 16.4. The highest BCUT2D eigenvalue weighted by Crippen LogP contribution is 2.17. The number of imidazole rings is 1. The molecule has 4 rings (SSSR count). The molecule has 0 atom stereocenters. The Bertz CT molecular complexity index is 965. The van der Waals surface area contributed by atoms with Crippen molar-refractivity contribution < 1.29 is 9.67 Å². The molecule has 2 aromatic carbocycles. The summed E-state index contributed by atoms with van der Waals surface area (Å²) in [7, 11) is 0. The van der Waals surface area contributed by atoms with Crippen molar-refractivity contribution in [3.63, 3.8) is 0 Å². The lowest BCUT2D eigenvalue weighted by atomic mass is 10.2. The number of hydrogen-bond donors (Lipinski definition) is 0. The second kappa shape index (κ2) is 6.12. The van der Waals surface area contributed by atoms with Gasteiger partial charge in [0.2, 0.25) is 0 Å². The molecular weight excluding hydrogens is 300 g/mol. The molecule has 0 aliphatic carbocycles. The zero-order valence-corrected chi connectivity index (χ0v) is 13.0. The van der Waals surface area contributed by atoms with Crippen molar-refractivity contribution >= 4 is 11.2 Å². The molecule has 0 aliphatic heterocycles. The van der Waals surface area contributed by atoms with Crippen LogP contribution in [0.4, 0.5) is 0 Å². The predicted molar refractivity (Wildman–Crippen MR) is 88.3 cm³/mol. The number of hydrogen-bond acceptors (Lipinski definition) is 3. The molecular formula is C19H16N4O. The van der Waals surface area contributed by atoms with Gasteiger partial charge in [0.25, 0.3) is 0 Å². The molecule has 0 N–H and O–H groups in total. The Balaban J connectivity index is 1.79. The molecule has 0 bridgehead atoms. The van der Waals surface area contributed by atoms with E-state index in [-0.39, 0.29) is 5.88 Å². The minimum Gasteiger partial charge on any atom is -0.856 e. The van der Waals surface area contributed by atoms with Crippen LogP contribution < -0.4 is 9.67 Å². The average molecular weight is 316 g/mol. The maximum Gasteiger partial charge on any atom is 0.304 e. The number of fused-ring (bicyclic) bond motifs is 1. The van der Waals surface area contributed by atoms with E-state index in [4.69, 9.17) is 0 Å². The standard InChI is InChI=1S/C19H16N4O/c24-19-17-18(20-13-21-19)23(12-16-9-5-2-6-10-16)14-22(17)11-15-7-3-1-4-8-15/h1-10,13-14H,11-12H2. The van der Waals surface area contributed by atoms with Crippen LogP contribution in [0.5, 0.6) is 5.88 Å². The lowest BCUT2D eigenvalue weighted by Crippen LogP contribution is -2.33. The molecule has 5 nitrogen and oxygen atoms in total. The molecule has 0 unspecified atom stereocenters. The Morgan fingerprint density at radius 3 is 2.25 bits per heavy atom. The summed E-state index contributed by atoms with van der Waals surface area (Å²) in [5, 5.41) is 12.3. The third-order valence-corrected chi connectivity index (χ3v) is 4.00. The SMILES string of the molecule is [O-]c1ncnc2c1n(Cc1ccccc1)c[n+]2Cc1ccccc1. The Morgan fingerprint density at radius 2 is 1.54 bits per heavy atom. The van der Waals surface area contributed by atoms with E-state index in [0.29, 0.717) is 24.3 Å². The van der Waals surface area contributed by atoms with E-state index in [2.05, 4.69) is 22.1 Å². The lowest BCUT2D eigenvalue weighted by Gasteiger charge is -2.04. The van der Waals surface area contributed by atoms with E-state index in [9.17, 15) is 5.11 Å². The van der Waals surface area contributed by atoms with Crippen LogP contribution >= 0.6 is 0 Å². The van der Waals surface area contributed by atoms with Crippen molar-refractivity contribution in [1.82, 2.24) is 14.5 Å².